The van der Waals surface area contributed by atoms with Crippen molar-refractivity contribution in [1.82, 2.24) is 20.2 Å². The Balaban J connectivity index is 1.19. The van der Waals surface area contributed by atoms with Crippen LogP contribution in [0.15, 0.2) is 29.2 Å². The lowest BCUT2D eigenvalue weighted by Gasteiger charge is -2.36. The molecular weight excluding hydrogens is 546 g/mol. The molecule has 0 aliphatic carbocycles. The number of nitrogens with one attached hydrogen (secondary N) is 1. The van der Waals surface area contributed by atoms with E-state index in [1.165, 1.54) is 10.5 Å². The Bertz CT molecular complexity index is 1160. The number of halogens is 2. The second-order valence-electron chi connectivity index (χ2n) is 11.4. The number of alkyl halides is 2. The number of likely N-dealkylation sites (tertiary alicyclic amines) is 1. The van der Waals surface area contributed by atoms with Crippen LogP contribution < -0.4 is 5.32 Å². The van der Waals surface area contributed by atoms with Crippen molar-refractivity contribution in [3.8, 4) is 0 Å². The molecule has 1 amide bonds. The number of thioether (sulfide) groups is 1. The molecule has 2 unspecified atom stereocenters. The number of aromatic nitrogens is 2. The lowest BCUT2D eigenvalue weighted by molar-refractivity contribution is -0.0547. The lowest BCUT2D eigenvalue weighted by atomic mass is 9.95. The quantitative estimate of drug-likeness (QED) is 0.386. The molecule has 0 radical (unpaired) electrons. The highest BCUT2D eigenvalue weighted by atomic mass is 32.2. The molecule has 7 nitrogen and oxygen atoms in total. The van der Waals surface area contributed by atoms with Crippen LogP contribution in [0.2, 0.25) is 0 Å². The number of ether oxygens (including phenoxy) is 2. The second-order valence-corrected chi connectivity index (χ2v) is 12.3. The van der Waals surface area contributed by atoms with Gasteiger partial charge in [0.25, 0.3) is 5.91 Å². The van der Waals surface area contributed by atoms with Crippen LogP contribution in [0.4, 0.5) is 8.78 Å². The van der Waals surface area contributed by atoms with E-state index in [2.05, 4.69) is 45.8 Å². The summed E-state index contributed by atoms with van der Waals surface area (Å²) in [6.45, 7) is 2.86. The number of carbonyl (C=O) groups is 1. The lowest BCUT2D eigenvalue weighted by Crippen LogP contribution is -2.52. The molecule has 4 atom stereocenters. The van der Waals surface area contributed by atoms with E-state index in [0.29, 0.717) is 38.2 Å². The summed E-state index contributed by atoms with van der Waals surface area (Å²) in [5.74, 6) is -0.133. The third-order valence-electron chi connectivity index (χ3n) is 8.67. The molecule has 1 aromatic carbocycles. The third-order valence-corrected chi connectivity index (χ3v) is 9.42. The van der Waals surface area contributed by atoms with E-state index >= 15 is 0 Å². The minimum absolute atomic E-state index is 0.0512. The highest BCUT2D eigenvalue weighted by Crippen LogP contribution is 2.34. The molecule has 4 heterocycles. The van der Waals surface area contributed by atoms with Crippen molar-refractivity contribution in [2.75, 3.05) is 32.6 Å². The number of amides is 1. The van der Waals surface area contributed by atoms with Gasteiger partial charge in [0.1, 0.15) is 18.5 Å². The summed E-state index contributed by atoms with van der Waals surface area (Å²) in [6.07, 6.45) is 7.81. The second kappa shape index (κ2) is 14.4. The van der Waals surface area contributed by atoms with Gasteiger partial charge < -0.3 is 19.7 Å². The predicted octanol–water partition coefficient (Wildman–Crippen LogP) is 5.54. The summed E-state index contributed by atoms with van der Waals surface area (Å²) in [5, 5.41) is 3.43. The molecule has 2 aromatic rings. The van der Waals surface area contributed by atoms with Gasteiger partial charge >= 0.3 is 0 Å². The summed E-state index contributed by atoms with van der Waals surface area (Å²) in [7, 11) is 0. The molecule has 1 N–H and O–H groups in total. The predicted molar refractivity (Wildman–Crippen MR) is 156 cm³/mol. The van der Waals surface area contributed by atoms with Crippen molar-refractivity contribution in [3.63, 3.8) is 0 Å². The van der Waals surface area contributed by atoms with Gasteiger partial charge in [-0.3, -0.25) is 4.79 Å². The number of piperidine rings is 1. The minimum Gasteiger partial charge on any atom is -0.378 e. The Morgan fingerprint density at radius 1 is 1.12 bits per heavy atom. The van der Waals surface area contributed by atoms with Gasteiger partial charge in [-0.1, -0.05) is 12.1 Å². The normalized spacial score (nSPS) is 25.8. The summed E-state index contributed by atoms with van der Waals surface area (Å²) < 4.78 is 39.7. The van der Waals surface area contributed by atoms with E-state index in [0.717, 1.165) is 49.8 Å². The Labute approximate surface area is 246 Å². The van der Waals surface area contributed by atoms with Crippen LogP contribution in [-0.2, 0) is 22.6 Å². The zero-order valence-corrected chi connectivity index (χ0v) is 24.9. The fraction of sp³-hybridized carbons (Fsp3) is 0.645. The average molecular weight is 589 g/mol. The number of benzene rings is 1. The Hall–Kier alpha value is -2.14. The number of rotatable bonds is 9. The van der Waals surface area contributed by atoms with Gasteiger partial charge in [-0.2, -0.15) is 0 Å². The number of carbonyl (C=O) groups excluding carboxylic acids is 1. The number of nitrogens with zero attached hydrogens (tertiary/aromatic N) is 3. The Morgan fingerprint density at radius 3 is 2.61 bits per heavy atom. The Kier molecular flexibility index (Phi) is 10.6. The van der Waals surface area contributed by atoms with Gasteiger partial charge in [0.05, 0.1) is 18.8 Å². The van der Waals surface area contributed by atoms with E-state index in [1.54, 1.807) is 16.7 Å². The van der Waals surface area contributed by atoms with Gasteiger partial charge in [-0.05, 0) is 82.2 Å². The molecule has 5 rings (SSSR count). The average Bonchev–Trinajstić information content (AvgIpc) is 3.02. The summed E-state index contributed by atoms with van der Waals surface area (Å²) in [4.78, 5) is 25.3. The van der Waals surface area contributed by atoms with E-state index in [-0.39, 0.29) is 42.6 Å². The molecule has 0 saturated carbocycles. The highest BCUT2D eigenvalue weighted by Gasteiger charge is 2.32. The van der Waals surface area contributed by atoms with Crippen LogP contribution in [-0.4, -0.2) is 77.7 Å². The smallest absolute Gasteiger partial charge is 0.272 e. The van der Waals surface area contributed by atoms with E-state index in [4.69, 9.17) is 9.47 Å². The maximum atomic E-state index is 14.2. The van der Waals surface area contributed by atoms with E-state index in [9.17, 15) is 13.6 Å². The van der Waals surface area contributed by atoms with Crippen LogP contribution >= 0.6 is 11.8 Å². The van der Waals surface area contributed by atoms with Crippen molar-refractivity contribution in [1.29, 1.82) is 0 Å². The highest BCUT2D eigenvalue weighted by molar-refractivity contribution is 7.98. The number of hydrogen-bond donors (Lipinski definition) is 1. The molecule has 3 aliphatic rings. The third kappa shape index (κ3) is 7.63. The minimum atomic E-state index is -0.999. The zero-order valence-electron chi connectivity index (χ0n) is 24.1. The van der Waals surface area contributed by atoms with Gasteiger partial charge in [0, 0.05) is 47.9 Å². The zero-order chi connectivity index (χ0) is 28.8. The number of aryl methyl sites for hydroxylation is 1. The number of hydrogen-bond acceptors (Lipinski definition) is 7. The van der Waals surface area contributed by atoms with Gasteiger partial charge in [-0.15, -0.1) is 11.8 Å². The molecule has 3 fully saturated rings. The van der Waals surface area contributed by atoms with Crippen molar-refractivity contribution < 1.29 is 23.0 Å². The van der Waals surface area contributed by atoms with E-state index in [1.807, 2.05) is 6.92 Å². The van der Waals surface area contributed by atoms with Gasteiger partial charge in [0.2, 0.25) is 0 Å². The fourth-order valence-electron chi connectivity index (χ4n) is 6.19. The molecule has 10 heteroatoms. The maximum absolute atomic E-state index is 14.2. The first-order valence-electron chi connectivity index (χ1n) is 14.9. The van der Waals surface area contributed by atoms with Crippen LogP contribution in [0.1, 0.15) is 84.2 Å². The molecule has 1 aromatic heterocycles. The van der Waals surface area contributed by atoms with Crippen molar-refractivity contribution in [2.24, 2.45) is 0 Å². The van der Waals surface area contributed by atoms with Crippen LogP contribution in [0.25, 0.3) is 0 Å². The molecular formula is C31H42F2N4O3S. The van der Waals surface area contributed by atoms with Crippen molar-refractivity contribution in [3.05, 3.63) is 52.6 Å². The largest absolute Gasteiger partial charge is 0.378 e. The molecule has 41 heavy (non-hydrogen) atoms. The molecule has 0 bridgehead atoms. The van der Waals surface area contributed by atoms with Gasteiger partial charge in [0.15, 0.2) is 5.82 Å². The standard InChI is InChI=1S/C31H42F2N4O3S/c1-20-26(11-8-23-4-3-5-28(40-23)21-6-9-24(41-2)10-7-21)35-29(18-32)36-30(20)31(38)37-15-12-22(13-16-37)34-27-14-17-39-19-25(27)33/h6-7,9-10,22-23,25,27-28,34H,3-5,8,11-19H2,1-2H3/t23-,25?,27?,28+/m1/s1. The summed E-state index contributed by atoms with van der Waals surface area (Å²) in [6, 6.07) is 8.55. The van der Waals surface area contributed by atoms with Crippen LogP contribution in [0.3, 0.4) is 0 Å². The molecule has 3 saturated heterocycles. The van der Waals surface area contributed by atoms with Gasteiger partial charge in [-0.25, -0.2) is 18.7 Å². The molecule has 3 aliphatic heterocycles. The fourth-order valence-corrected chi connectivity index (χ4v) is 6.60. The van der Waals surface area contributed by atoms with Crippen LogP contribution in [0, 0.1) is 6.92 Å². The van der Waals surface area contributed by atoms with Crippen molar-refractivity contribution >= 4 is 17.7 Å². The topological polar surface area (TPSA) is 76.6 Å². The molecule has 0 spiro atoms. The Morgan fingerprint density at radius 2 is 1.90 bits per heavy atom. The van der Waals surface area contributed by atoms with E-state index < -0.39 is 12.8 Å². The molecule has 224 valence electrons. The summed E-state index contributed by atoms with van der Waals surface area (Å²) in [5.41, 5.74) is 2.93. The SMILES string of the molecule is CSc1ccc([C@@H]2CCC[C@H](CCc3nc(CF)nc(C(=O)N4CCC(NC5CCOCC5F)CC4)c3C)O2)cc1. The van der Waals surface area contributed by atoms with Crippen LogP contribution in [0.5, 0.6) is 0 Å². The summed E-state index contributed by atoms with van der Waals surface area (Å²) >= 11 is 1.73. The first kappa shape index (κ1) is 30.3. The first-order chi connectivity index (χ1) is 19.9. The first-order valence-corrected chi connectivity index (χ1v) is 16.2. The maximum Gasteiger partial charge on any atom is 0.272 e. The monoisotopic (exact) mass is 588 g/mol. The van der Waals surface area contributed by atoms with Crippen molar-refractivity contribution in [2.45, 2.75) is 100 Å².